The Labute approximate surface area is 71.4 Å². The van der Waals surface area contributed by atoms with Crippen molar-refractivity contribution in [3.63, 3.8) is 0 Å². The van der Waals surface area contributed by atoms with E-state index in [2.05, 4.69) is 16.0 Å². The predicted octanol–water partition coefficient (Wildman–Crippen LogP) is 1.66. The first-order valence-electron chi connectivity index (χ1n) is 4.20. The molecule has 3 nitrogen and oxygen atoms in total. The molecule has 1 aliphatic carbocycles. The summed E-state index contributed by atoms with van der Waals surface area (Å²) in [4.78, 5) is 7.34. The number of H-pyrrole nitrogens is 1. The molecule has 0 spiro atoms. The first-order valence-corrected chi connectivity index (χ1v) is 4.20. The summed E-state index contributed by atoms with van der Waals surface area (Å²) in [6.07, 6.45) is 4.84. The van der Waals surface area contributed by atoms with E-state index in [1.165, 1.54) is 0 Å². The lowest BCUT2D eigenvalue weighted by molar-refractivity contribution is 0.309. The largest absolute Gasteiger partial charge is 0.345 e. The van der Waals surface area contributed by atoms with Crippen LogP contribution in [0.5, 0.6) is 0 Å². The topological polar surface area (TPSA) is 52.5 Å². The minimum atomic E-state index is -0.283. The van der Waals surface area contributed by atoms with Crippen LogP contribution in [0.3, 0.4) is 0 Å². The van der Waals surface area contributed by atoms with Gasteiger partial charge in [0.1, 0.15) is 11.2 Å². The lowest BCUT2D eigenvalue weighted by atomic mass is 9.69. The summed E-state index contributed by atoms with van der Waals surface area (Å²) in [5.41, 5.74) is 0.750. The Bertz CT molecular complexity index is 328. The second kappa shape index (κ2) is 2.34. The molecular weight excluding hydrogens is 150 g/mol. The standard InChI is InChI=1S/C9H11N3/c1-7-5-11-8(12-7)9(6-10)3-2-4-9/h5H,2-4H2,1H3,(H,11,12). The van der Waals surface area contributed by atoms with Gasteiger partial charge in [-0.15, -0.1) is 0 Å². The Balaban J connectivity index is 2.35. The lowest BCUT2D eigenvalue weighted by Crippen LogP contribution is -2.33. The van der Waals surface area contributed by atoms with Crippen LogP contribution < -0.4 is 0 Å². The lowest BCUT2D eigenvalue weighted by Gasteiger charge is -2.32. The molecule has 0 amide bonds. The van der Waals surface area contributed by atoms with Crippen molar-refractivity contribution in [3.8, 4) is 6.07 Å². The van der Waals surface area contributed by atoms with Gasteiger partial charge in [0, 0.05) is 11.9 Å². The Morgan fingerprint density at radius 2 is 2.42 bits per heavy atom. The molecule has 0 saturated heterocycles. The molecule has 1 N–H and O–H groups in total. The zero-order chi connectivity index (χ0) is 8.60. The first-order chi connectivity index (χ1) is 5.77. The SMILES string of the molecule is Cc1cnc(C2(C#N)CCC2)[nH]1. The van der Waals surface area contributed by atoms with Crippen LogP contribution in [0.2, 0.25) is 0 Å². The van der Waals surface area contributed by atoms with Gasteiger partial charge in [-0.3, -0.25) is 0 Å². The smallest absolute Gasteiger partial charge is 0.126 e. The molecule has 1 aromatic heterocycles. The number of nitrogens with one attached hydrogen (secondary N) is 1. The number of rotatable bonds is 1. The fourth-order valence-electron chi connectivity index (χ4n) is 1.59. The van der Waals surface area contributed by atoms with E-state index < -0.39 is 0 Å². The first kappa shape index (κ1) is 7.35. The quantitative estimate of drug-likeness (QED) is 0.681. The average Bonchev–Trinajstić information content (AvgIpc) is 2.35. The van der Waals surface area contributed by atoms with Crippen molar-refractivity contribution in [1.82, 2.24) is 9.97 Å². The highest BCUT2D eigenvalue weighted by molar-refractivity contribution is 5.25. The molecule has 62 valence electrons. The highest BCUT2D eigenvalue weighted by atomic mass is 14.9. The number of nitrogens with zero attached hydrogens (tertiary/aromatic N) is 2. The van der Waals surface area contributed by atoms with Gasteiger partial charge in [0.25, 0.3) is 0 Å². The van der Waals surface area contributed by atoms with E-state index >= 15 is 0 Å². The molecule has 0 bridgehead atoms. The second-order valence-corrected chi connectivity index (χ2v) is 3.46. The third-order valence-electron chi connectivity index (χ3n) is 2.58. The van der Waals surface area contributed by atoms with Gasteiger partial charge in [-0.05, 0) is 26.2 Å². The number of aromatic amines is 1. The van der Waals surface area contributed by atoms with Crippen LogP contribution in [0.25, 0.3) is 0 Å². The van der Waals surface area contributed by atoms with E-state index in [-0.39, 0.29) is 5.41 Å². The molecule has 2 rings (SSSR count). The molecule has 0 aromatic carbocycles. The number of aryl methyl sites for hydroxylation is 1. The summed E-state index contributed by atoms with van der Waals surface area (Å²) in [5, 5.41) is 8.99. The van der Waals surface area contributed by atoms with Gasteiger partial charge in [0.15, 0.2) is 0 Å². The van der Waals surface area contributed by atoms with Crippen LogP contribution in [0.1, 0.15) is 30.8 Å². The molecule has 1 aliphatic rings. The highest BCUT2D eigenvalue weighted by Gasteiger charge is 2.41. The number of imidazole rings is 1. The molecule has 0 radical (unpaired) electrons. The Morgan fingerprint density at radius 3 is 2.75 bits per heavy atom. The van der Waals surface area contributed by atoms with Crippen molar-refractivity contribution in [3.05, 3.63) is 17.7 Å². The van der Waals surface area contributed by atoms with Crippen molar-refractivity contribution in [1.29, 1.82) is 5.26 Å². The number of hydrogen-bond acceptors (Lipinski definition) is 2. The van der Waals surface area contributed by atoms with E-state index in [1.807, 2.05) is 6.92 Å². The van der Waals surface area contributed by atoms with Crippen LogP contribution in [0, 0.1) is 18.3 Å². The van der Waals surface area contributed by atoms with Crippen LogP contribution in [0.15, 0.2) is 6.20 Å². The maximum absolute atomic E-state index is 8.99. The number of hydrogen-bond donors (Lipinski definition) is 1. The molecule has 0 atom stereocenters. The van der Waals surface area contributed by atoms with Crippen molar-refractivity contribution in [2.75, 3.05) is 0 Å². The summed E-state index contributed by atoms with van der Waals surface area (Å²) in [7, 11) is 0. The van der Waals surface area contributed by atoms with Crippen molar-refractivity contribution in [2.45, 2.75) is 31.6 Å². The van der Waals surface area contributed by atoms with Crippen LogP contribution >= 0.6 is 0 Å². The van der Waals surface area contributed by atoms with Crippen molar-refractivity contribution < 1.29 is 0 Å². The van der Waals surface area contributed by atoms with Gasteiger partial charge in [-0.2, -0.15) is 5.26 Å². The van der Waals surface area contributed by atoms with Crippen LogP contribution in [-0.2, 0) is 5.41 Å². The fraction of sp³-hybridized carbons (Fsp3) is 0.556. The van der Waals surface area contributed by atoms with Gasteiger partial charge in [-0.25, -0.2) is 4.98 Å². The molecule has 1 saturated carbocycles. The van der Waals surface area contributed by atoms with Crippen molar-refractivity contribution >= 4 is 0 Å². The van der Waals surface area contributed by atoms with Gasteiger partial charge >= 0.3 is 0 Å². The van der Waals surface area contributed by atoms with E-state index in [0.29, 0.717) is 0 Å². The van der Waals surface area contributed by atoms with Gasteiger partial charge < -0.3 is 4.98 Å². The number of nitriles is 1. The maximum atomic E-state index is 8.99. The summed E-state index contributed by atoms with van der Waals surface area (Å²) in [6, 6.07) is 2.35. The van der Waals surface area contributed by atoms with Crippen LogP contribution in [-0.4, -0.2) is 9.97 Å². The van der Waals surface area contributed by atoms with E-state index in [0.717, 1.165) is 30.8 Å². The summed E-state index contributed by atoms with van der Waals surface area (Å²) < 4.78 is 0. The molecule has 0 aliphatic heterocycles. The molecule has 1 heterocycles. The zero-order valence-corrected chi connectivity index (χ0v) is 7.09. The Morgan fingerprint density at radius 1 is 1.67 bits per heavy atom. The third-order valence-corrected chi connectivity index (χ3v) is 2.58. The number of aromatic nitrogens is 2. The minimum Gasteiger partial charge on any atom is -0.345 e. The predicted molar refractivity (Wildman–Crippen MR) is 44.5 cm³/mol. The maximum Gasteiger partial charge on any atom is 0.126 e. The average molecular weight is 161 g/mol. The van der Waals surface area contributed by atoms with E-state index in [9.17, 15) is 0 Å². The van der Waals surface area contributed by atoms with Crippen molar-refractivity contribution in [2.24, 2.45) is 0 Å². The summed E-state index contributed by atoms with van der Waals surface area (Å²) >= 11 is 0. The minimum absolute atomic E-state index is 0.283. The highest BCUT2D eigenvalue weighted by Crippen LogP contribution is 2.41. The molecule has 0 unspecified atom stereocenters. The zero-order valence-electron chi connectivity index (χ0n) is 7.09. The Kier molecular flexibility index (Phi) is 1.44. The monoisotopic (exact) mass is 161 g/mol. The normalized spacial score (nSPS) is 19.7. The second-order valence-electron chi connectivity index (χ2n) is 3.46. The van der Waals surface area contributed by atoms with Gasteiger partial charge in [-0.1, -0.05) is 0 Å². The van der Waals surface area contributed by atoms with E-state index in [4.69, 9.17) is 5.26 Å². The summed E-state index contributed by atoms with van der Waals surface area (Å²) in [5.74, 6) is 0.855. The Hall–Kier alpha value is -1.30. The van der Waals surface area contributed by atoms with Gasteiger partial charge in [0.05, 0.1) is 6.07 Å². The molecular formula is C9H11N3. The van der Waals surface area contributed by atoms with E-state index in [1.54, 1.807) is 6.20 Å². The van der Waals surface area contributed by atoms with Gasteiger partial charge in [0.2, 0.25) is 0 Å². The molecule has 3 heteroatoms. The van der Waals surface area contributed by atoms with Crippen LogP contribution in [0.4, 0.5) is 0 Å². The summed E-state index contributed by atoms with van der Waals surface area (Å²) in [6.45, 7) is 1.96. The molecule has 1 fully saturated rings. The molecule has 1 aromatic rings. The third kappa shape index (κ3) is 0.845. The fourth-order valence-corrected chi connectivity index (χ4v) is 1.59. The molecule has 12 heavy (non-hydrogen) atoms.